The number of hydrogen-bond donors (Lipinski definition) is 0. The van der Waals surface area contributed by atoms with E-state index >= 15 is 0 Å². The van der Waals surface area contributed by atoms with E-state index in [1.165, 1.54) is 17.0 Å². The van der Waals surface area contributed by atoms with Crippen LogP contribution < -0.4 is 10.4 Å². The Morgan fingerprint density at radius 3 is 2.67 bits per heavy atom. The minimum atomic E-state index is -0.694. The van der Waals surface area contributed by atoms with Crippen molar-refractivity contribution < 1.29 is 23.5 Å². The van der Waals surface area contributed by atoms with Gasteiger partial charge in [-0.15, -0.1) is 0 Å². The Bertz CT molecular complexity index is 940. The van der Waals surface area contributed by atoms with Gasteiger partial charge in [-0.05, 0) is 58.2 Å². The zero-order chi connectivity index (χ0) is 19.8. The van der Waals surface area contributed by atoms with E-state index in [0.29, 0.717) is 25.0 Å². The number of likely N-dealkylation sites (tertiary alicyclic amines) is 1. The van der Waals surface area contributed by atoms with Gasteiger partial charge in [-0.1, -0.05) is 0 Å². The SMILES string of the molecule is Cc1cc(=O)oc2cc(OC(=O)C3CCCN3C(=O)OC(C)(C)C)ccc12. The lowest BCUT2D eigenvalue weighted by Gasteiger charge is -2.27. The Hall–Kier alpha value is -2.83. The number of hydrogen-bond acceptors (Lipinski definition) is 6. The second-order valence-electron chi connectivity index (χ2n) is 7.66. The largest absolute Gasteiger partial charge is 0.444 e. The molecule has 1 aromatic carbocycles. The van der Waals surface area contributed by atoms with E-state index in [2.05, 4.69) is 0 Å². The van der Waals surface area contributed by atoms with Crippen LogP contribution in [-0.2, 0) is 9.53 Å². The number of carbonyl (C=O) groups is 2. The summed E-state index contributed by atoms with van der Waals surface area (Å²) in [4.78, 5) is 37.9. The van der Waals surface area contributed by atoms with Crippen LogP contribution in [0.5, 0.6) is 5.75 Å². The molecule has 0 radical (unpaired) electrons. The smallest absolute Gasteiger partial charge is 0.411 e. The molecule has 3 rings (SSSR count). The molecule has 0 aliphatic carbocycles. The van der Waals surface area contributed by atoms with Gasteiger partial charge in [0.05, 0.1) is 0 Å². The predicted molar refractivity (Wildman–Crippen MR) is 98.8 cm³/mol. The van der Waals surface area contributed by atoms with Crippen molar-refractivity contribution in [3.05, 3.63) is 40.2 Å². The zero-order valence-electron chi connectivity index (χ0n) is 15.9. The minimum absolute atomic E-state index is 0.261. The third kappa shape index (κ3) is 4.30. The fourth-order valence-electron chi connectivity index (χ4n) is 3.10. The number of amides is 1. The van der Waals surface area contributed by atoms with Crippen molar-refractivity contribution in [1.29, 1.82) is 0 Å². The number of carbonyl (C=O) groups excluding carboxylic acids is 2. The summed E-state index contributed by atoms with van der Waals surface area (Å²) >= 11 is 0. The number of nitrogens with zero attached hydrogens (tertiary/aromatic N) is 1. The first-order valence-electron chi connectivity index (χ1n) is 8.90. The minimum Gasteiger partial charge on any atom is -0.444 e. The first kappa shape index (κ1) is 18.9. The van der Waals surface area contributed by atoms with Gasteiger partial charge in [0.1, 0.15) is 23.0 Å². The van der Waals surface area contributed by atoms with Crippen LogP contribution in [0.25, 0.3) is 11.0 Å². The van der Waals surface area contributed by atoms with Gasteiger partial charge in [0, 0.05) is 24.1 Å². The number of benzene rings is 1. The molecular weight excluding hydrogens is 350 g/mol. The summed E-state index contributed by atoms with van der Waals surface area (Å²) in [6.45, 7) is 7.58. The highest BCUT2D eigenvalue weighted by Gasteiger charge is 2.37. The molecule has 0 spiro atoms. The van der Waals surface area contributed by atoms with Crippen molar-refractivity contribution in [1.82, 2.24) is 4.90 Å². The van der Waals surface area contributed by atoms with Gasteiger partial charge in [-0.3, -0.25) is 4.90 Å². The van der Waals surface area contributed by atoms with Crippen LogP contribution in [-0.4, -0.2) is 35.2 Å². The van der Waals surface area contributed by atoms with Crippen LogP contribution in [0.15, 0.2) is 33.5 Å². The van der Waals surface area contributed by atoms with Gasteiger partial charge in [0.15, 0.2) is 0 Å². The van der Waals surface area contributed by atoms with Crippen molar-refractivity contribution in [2.24, 2.45) is 0 Å². The molecule has 1 atom stereocenters. The summed E-state index contributed by atoms with van der Waals surface area (Å²) in [7, 11) is 0. The fourth-order valence-corrected chi connectivity index (χ4v) is 3.10. The molecule has 1 aromatic heterocycles. The topological polar surface area (TPSA) is 86.0 Å². The molecule has 7 nitrogen and oxygen atoms in total. The summed E-state index contributed by atoms with van der Waals surface area (Å²) in [6.07, 6.45) is 0.687. The van der Waals surface area contributed by atoms with Crippen molar-refractivity contribution in [3.63, 3.8) is 0 Å². The Balaban J connectivity index is 1.77. The first-order valence-corrected chi connectivity index (χ1v) is 8.90. The van der Waals surface area contributed by atoms with Crippen LogP contribution in [0.4, 0.5) is 4.79 Å². The number of rotatable bonds is 2. The first-order chi connectivity index (χ1) is 12.6. The quantitative estimate of drug-likeness (QED) is 0.456. The Morgan fingerprint density at radius 2 is 1.96 bits per heavy atom. The molecule has 27 heavy (non-hydrogen) atoms. The molecule has 2 aromatic rings. The van der Waals surface area contributed by atoms with Gasteiger partial charge in [-0.25, -0.2) is 14.4 Å². The van der Waals surface area contributed by atoms with Crippen molar-refractivity contribution in [2.75, 3.05) is 6.54 Å². The third-order valence-corrected chi connectivity index (χ3v) is 4.29. The zero-order valence-corrected chi connectivity index (χ0v) is 15.9. The standard InChI is InChI=1S/C20H23NO6/c1-12-10-17(22)26-16-11-13(7-8-14(12)16)25-18(23)15-6-5-9-21(15)19(24)27-20(2,3)4/h7-8,10-11,15H,5-6,9H2,1-4H3. The van der Waals surface area contributed by atoms with Crippen LogP contribution in [0.2, 0.25) is 0 Å². The lowest BCUT2D eigenvalue weighted by Crippen LogP contribution is -2.44. The highest BCUT2D eigenvalue weighted by atomic mass is 16.6. The second kappa shape index (κ2) is 7.06. The summed E-state index contributed by atoms with van der Waals surface area (Å²) in [6, 6.07) is 5.59. The van der Waals surface area contributed by atoms with E-state index in [9.17, 15) is 14.4 Å². The van der Waals surface area contributed by atoms with E-state index in [0.717, 1.165) is 10.9 Å². The maximum atomic E-state index is 12.6. The van der Waals surface area contributed by atoms with E-state index in [1.807, 2.05) is 6.92 Å². The monoisotopic (exact) mass is 373 g/mol. The fraction of sp³-hybridized carbons (Fsp3) is 0.450. The Morgan fingerprint density at radius 1 is 1.22 bits per heavy atom. The summed E-state index contributed by atoms with van der Waals surface area (Å²) in [5, 5.41) is 0.769. The van der Waals surface area contributed by atoms with E-state index in [1.54, 1.807) is 32.9 Å². The normalized spacial score (nSPS) is 17.2. The molecule has 1 saturated heterocycles. The maximum absolute atomic E-state index is 12.6. The van der Waals surface area contributed by atoms with Crippen LogP contribution in [0, 0.1) is 6.92 Å². The molecule has 144 valence electrons. The van der Waals surface area contributed by atoms with Gasteiger partial charge in [0.2, 0.25) is 0 Å². The Kier molecular flexibility index (Phi) is 4.95. The lowest BCUT2D eigenvalue weighted by atomic mass is 10.1. The van der Waals surface area contributed by atoms with Crippen LogP contribution >= 0.6 is 0 Å². The number of ether oxygens (including phenoxy) is 2. The number of esters is 1. The third-order valence-electron chi connectivity index (χ3n) is 4.29. The molecule has 1 aliphatic heterocycles. The molecule has 1 amide bonds. The predicted octanol–water partition coefficient (Wildman–Crippen LogP) is 3.41. The Labute approximate surface area is 156 Å². The van der Waals surface area contributed by atoms with Gasteiger partial charge in [-0.2, -0.15) is 0 Å². The second-order valence-corrected chi connectivity index (χ2v) is 7.66. The molecule has 0 saturated carbocycles. The van der Waals surface area contributed by atoms with Gasteiger partial charge in [0.25, 0.3) is 0 Å². The average Bonchev–Trinajstić information content (AvgIpc) is 3.02. The molecular formula is C20H23NO6. The van der Waals surface area contributed by atoms with Gasteiger partial charge >= 0.3 is 17.7 Å². The molecule has 7 heteroatoms. The summed E-state index contributed by atoms with van der Waals surface area (Å²) < 4.78 is 16.0. The number of aryl methyl sites for hydroxylation is 1. The van der Waals surface area contributed by atoms with Crippen molar-refractivity contribution in [2.45, 2.75) is 52.2 Å². The highest BCUT2D eigenvalue weighted by Crippen LogP contribution is 2.25. The molecule has 0 bridgehead atoms. The summed E-state index contributed by atoms with van der Waals surface area (Å²) in [5.41, 5.74) is 0.0316. The van der Waals surface area contributed by atoms with Crippen molar-refractivity contribution in [3.8, 4) is 5.75 Å². The molecule has 1 aliphatic rings. The molecule has 1 fully saturated rings. The van der Waals surface area contributed by atoms with E-state index in [4.69, 9.17) is 13.9 Å². The highest BCUT2D eigenvalue weighted by molar-refractivity contribution is 5.85. The van der Waals surface area contributed by atoms with E-state index < -0.39 is 29.3 Å². The van der Waals surface area contributed by atoms with Crippen LogP contribution in [0.1, 0.15) is 39.2 Å². The van der Waals surface area contributed by atoms with E-state index in [-0.39, 0.29) is 5.75 Å². The molecule has 2 heterocycles. The van der Waals surface area contributed by atoms with Crippen LogP contribution in [0.3, 0.4) is 0 Å². The molecule has 0 N–H and O–H groups in total. The summed E-state index contributed by atoms with van der Waals surface area (Å²) in [5.74, 6) is -0.273. The van der Waals surface area contributed by atoms with Gasteiger partial charge < -0.3 is 13.9 Å². The number of fused-ring (bicyclic) bond motifs is 1. The maximum Gasteiger partial charge on any atom is 0.411 e. The average molecular weight is 373 g/mol. The lowest BCUT2D eigenvalue weighted by molar-refractivity contribution is -0.139. The molecule has 1 unspecified atom stereocenters. The van der Waals surface area contributed by atoms with Crippen molar-refractivity contribution >= 4 is 23.0 Å².